The number of allylic oxidation sites excluding steroid dienone is 2. The smallest absolute Gasteiger partial charge is 0.0466 e. The zero-order chi connectivity index (χ0) is 14.1. The highest BCUT2D eigenvalue weighted by molar-refractivity contribution is 4.88. The van der Waals surface area contributed by atoms with Gasteiger partial charge in [0, 0.05) is 13.2 Å². The van der Waals surface area contributed by atoms with Crippen molar-refractivity contribution < 1.29 is 4.74 Å². The Bertz CT molecular complexity index is 147. The monoisotopic (exact) mass is 256 g/mol. The molecule has 0 aliphatic carbocycles. The van der Waals surface area contributed by atoms with Crippen LogP contribution in [0.4, 0.5) is 0 Å². The molecule has 0 heterocycles. The standard InChI is InChI=1S/C12H26O.C5H10/c1-3-5-7-9-11-13-12-10-8-6-4-2;1-4-5(2)3/h3-12H2,1-2H3;4H,1-3H3. The van der Waals surface area contributed by atoms with Gasteiger partial charge in [-0.1, -0.05) is 64.0 Å². The predicted octanol–water partition coefficient (Wildman–Crippen LogP) is 6.14. The topological polar surface area (TPSA) is 9.23 Å². The lowest BCUT2D eigenvalue weighted by Gasteiger charge is -2.03. The van der Waals surface area contributed by atoms with Crippen molar-refractivity contribution in [1.29, 1.82) is 0 Å². The predicted molar refractivity (Wildman–Crippen MR) is 84.2 cm³/mol. The third-order valence-corrected chi connectivity index (χ3v) is 2.86. The minimum atomic E-state index is 0.978. The summed E-state index contributed by atoms with van der Waals surface area (Å²) in [5.74, 6) is 0. The van der Waals surface area contributed by atoms with Crippen LogP contribution in [0.3, 0.4) is 0 Å². The average molecular weight is 256 g/mol. The Kier molecular flexibility index (Phi) is 21.2. The van der Waals surface area contributed by atoms with Gasteiger partial charge < -0.3 is 4.74 Å². The Balaban J connectivity index is 0. The summed E-state index contributed by atoms with van der Waals surface area (Å²) in [5.41, 5.74) is 1.38. The van der Waals surface area contributed by atoms with Gasteiger partial charge in [0.2, 0.25) is 0 Å². The highest BCUT2D eigenvalue weighted by Crippen LogP contribution is 2.01. The molecule has 0 aromatic heterocycles. The van der Waals surface area contributed by atoms with Crippen molar-refractivity contribution in [2.24, 2.45) is 0 Å². The Morgan fingerprint density at radius 1 is 0.778 bits per heavy atom. The second-order valence-corrected chi connectivity index (χ2v) is 5.10. The van der Waals surface area contributed by atoms with E-state index in [1.165, 1.54) is 56.9 Å². The molecule has 1 nitrogen and oxygen atoms in total. The molecule has 1 heteroatoms. The summed E-state index contributed by atoms with van der Waals surface area (Å²) in [5, 5.41) is 0. The van der Waals surface area contributed by atoms with Crippen molar-refractivity contribution in [3.05, 3.63) is 11.6 Å². The molecule has 0 atom stereocenters. The molecule has 0 radical (unpaired) electrons. The van der Waals surface area contributed by atoms with E-state index in [2.05, 4.69) is 33.8 Å². The maximum Gasteiger partial charge on any atom is 0.0466 e. The molecule has 0 rings (SSSR count). The maximum absolute atomic E-state index is 5.53. The van der Waals surface area contributed by atoms with Crippen LogP contribution in [0.5, 0.6) is 0 Å². The molecule has 0 aromatic rings. The van der Waals surface area contributed by atoms with Gasteiger partial charge in [0.05, 0.1) is 0 Å². The fourth-order valence-corrected chi connectivity index (χ4v) is 1.36. The third-order valence-electron chi connectivity index (χ3n) is 2.86. The van der Waals surface area contributed by atoms with Crippen molar-refractivity contribution in [2.45, 2.75) is 86.0 Å². The van der Waals surface area contributed by atoms with Crippen LogP contribution in [0.2, 0.25) is 0 Å². The van der Waals surface area contributed by atoms with Crippen molar-refractivity contribution in [3.63, 3.8) is 0 Å². The van der Waals surface area contributed by atoms with Gasteiger partial charge in [0.15, 0.2) is 0 Å². The first-order valence-electron chi connectivity index (χ1n) is 7.86. The first kappa shape index (κ1) is 20.0. The molecule has 0 spiro atoms. The van der Waals surface area contributed by atoms with Crippen molar-refractivity contribution >= 4 is 0 Å². The van der Waals surface area contributed by atoms with E-state index in [9.17, 15) is 0 Å². The summed E-state index contributed by atoms with van der Waals surface area (Å²) in [6, 6.07) is 0. The molecule has 18 heavy (non-hydrogen) atoms. The molecule has 0 aromatic carbocycles. The molecule has 0 N–H and O–H groups in total. The molecule has 0 saturated heterocycles. The average Bonchev–Trinajstić information content (AvgIpc) is 2.37. The molecule has 0 amide bonds. The van der Waals surface area contributed by atoms with Gasteiger partial charge in [-0.05, 0) is 33.6 Å². The first-order chi connectivity index (χ1) is 8.68. The lowest BCUT2D eigenvalue weighted by molar-refractivity contribution is 0.126. The molecular formula is C17H36O. The fraction of sp³-hybridized carbons (Fsp3) is 0.882. The fourth-order valence-electron chi connectivity index (χ4n) is 1.36. The molecule has 0 bridgehead atoms. The molecule has 0 saturated carbocycles. The van der Waals surface area contributed by atoms with E-state index in [-0.39, 0.29) is 0 Å². The highest BCUT2D eigenvalue weighted by Gasteiger charge is 1.90. The second kappa shape index (κ2) is 19.0. The molecule has 0 fully saturated rings. The van der Waals surface area contributed by atoms with Crippen LogP contribution >= 0.6 is 0 Å². The van der Waals surface area contributed by atoms with Crippen LogP contribution in [-0.4, -0.2) is 13.2 Å². The van der Waals surface area contributed by atoms with Crippen molar-refractivity contribution in [3.8, 4) is 0 Å². The quantitative estimate of drug-likeness (QED) is 0.337. The lowest BCUT2D eigenvalue weighted by atomic mass is 10.2. The number of hydrogen-bond acceptors (Lipinski definition) is 1. The van der Waals surface area contributed by atoms with Crippen molar-refractivity contribution in [1.82, 2.24) is 0 Å². The SMILES string of the molecule is CC=C(C)C.CCCCCCOCCCCCC. The normalized spacial score (nSPS) is 9.61. The zero-order valence-electron chi connectivity index (χ0n) is 13.6. The number of ether oxygens (including phenoxy) is 1. The van der Waals surface area contributed by atoms with Crippen LogP contribution in [0.1, 0.15) is 86.0 Å². The summed E-state index contributed by atoms with van der Waals surface area (Å²) in [4.78, 5) is 0. The Morgan fingerprint density at radius 3 is 1.44 bits per heavy atom. The Morgan fingerprint density at radius 2 is 1.17 bits per heavy atom. The minimum Gasteiger partial charge on any atom is -0.381 e. The van der Waals surface area contributed by atoms with E-state index < -0.39 is 0 Å². The number of unbranched alkanes of at least 4 members (excludes halogenated alkanes) is 6. The maximum atomic E-state index is 5.53. The Hall–Kier alpha value is -0.300. The highest BCUT2D eigenvalue weighted by atomic mass is 16.5. The van der Waals surface area contributed by atoms with Crippen LogP contribution in [0.25, 0.3) is 0 Å². The van der Waals surface area contributed by atoms with E-state index >= 15 is 0 Å². The Labute approximate surface area is 116 Å². The van der Waals surface area contributed by atoms with Crippen molar-refractivity contribution in [2.75, 3.05) is 13.2 Å². The van der Waals surface area contributed by atoms with E-state index in [0.29, 0.717) is 0 Å². The van der Waals surface area contributed by atoms with E-state index in [4.69, 9.17) is 4.74 Å². The van der Waals surface area contributed by atoms with Gasteiger partial charge >= 0.3 is 0 Å². The van der Waals surface area contributed by atoms with Gasteiger partial charge in [-0.15, -0.1) is 0 Å². The minimum absolute atomic E-state index is 0.978. The van der Waals surface area contributed by atoms with Crippen LogP contribution < -0.4 is 0 Å². The van der Waals surface area contributed by atoms with Gasteiger partial charge in [-0.3, -0.25) is 0 Å². The van der Waals surface area contributed by atoms with E-state index in [0.717, 1.165) is 13.2 Å². The van der Waals surface area contributed by atoms with E-state index in [1.54, 1.807) is 0 Å². The molecule has 0 aliphatic rings. The summed E-state index contributed by atoms with van der Waals surface area (Å²) < 4.78 is 5.53. The van der Waals surface area contributed by atoms with Gasteiger partial charge in [0.1, 0.15) is 0 Å². The van der Waals surface area contributed by atoms with Crippen LogP contribution in [0.15, 0.2) is 11.6 Å². The molecular weight excluding hydrogens is 220 g/mol. The summed E-state index contributed by atoms with van der Waals surface area (Å²) in [7, 11) is 0. The lowest BCUT2D eigenvalue weighted by Crippen LogP contribution is -1.96. The number of hydrogen-bond donors (Lipinski definition) is 0. The number of rotatable bonds is 10. The summed E-state index contributed by atoms with van der Waals surface area (Å²) in [6.07, 6.45) is 12.6. The first-order valence-corrected chi connectivity index (χ1v) is 7.86. The third kappa shape index (κ3) is 24.8. The van der Waals surface area contributed by atoms with Gasteiger partial charge in [0.25, 0.3) is 0 Å². The zero-order valence-corrected chi connectivity index (χ0v) is 13.6. The van der Waals surface area contributed by atoms with Gasteiger partial charge in [-0.2, -0.15) is 0 Å². The van der Waals surface area contributed by atoms with Crippen LogP contribution in [0, 0.1) is 0 Å². The largest absolute Gasteiger partial charge is 0.381 e. The summed E-state index contributed by atoms with van der Waals surface area (Å²) >= 11 is 0. The molecule has 0 aliphatic heterocycles. The molecule has 110 valence electrons. The van der Waals surface area contributed by atoms with E-state index in [1.807, 2.05) is 6.92 Å². The summed E-state index contributed by atoms with van der Waals surface area (Å²) in [6.45, 7) is 12.6. The van der Waals surface area contributed by atoms with Gasteiger partial charge in [-0.25, -0.2) is 0 Å². The second-order valence-electron chi connectivity index (χ2n) is 5.10. The molecule has 0 unspecified atom stereocenters. The van der Waals surface area contributed by atoms with Crippen LogP contribution in [-0.2, 0) is 4.74 Å².